The van der Waals surface area contributed by atoms with Crippen LogP contribution in [0.1, 0.15) is 22.8 Å². The van der Waals surface area contributed by atoms with E-state index in [2.05, 4.69) is 21.2 Å². The summed E-state index contributed by atoms with van der Waals surface area (Å²) in [5, 5.41) is 12.4. The average molecular weight is 445 g/mol. The molecule has 0 heterocycles. The Balaban J connectivity index is 2.10. The van der Waals surface area contributed by atoms with Gasteiger partial charge in [0.2, 0.25) is 5.91 Å². The minimum Gasteiger partial charge on any atom is -0.378 e. The van der Waals surface area contributed by atoms with Crippen LogP contribution in [0.2, 0.25) is 0 Å². The SMILES string of the molecule is NC(=O)[C@@H](Cc1ccccc1Br)NC(=O)[C@H](O)c1ccc(C(F)(F)F)cc1. The molecule has 2 rings (SSSR count). The van der Waals surface area contributed by atoms with Crippen molar-refractivity contribution >= 4 is 27.7 Å². The first kappa shape index (κ1) is 20.9. The Morgan fingerprint density at radius 2 is 1.70 bits per heavy atom. The molecule has 0 saturated carbocycles. The predicted molar refractivity (Wildman–Crippen MR) is 95.4 cm³/mol. The van der Waals surface area contributed by atoms with Crippen LogP contribution in [-0.2, 0) is 22.2 Å². The summed E-state index contributed by atoms with van der Waals surface area (Å²) in [5.41, 5.74) is 5.09. The van der Waals surface area contributed by atoms with Crippen molar-refractivity contribution in [1.29, 1.82) is 0 Å². The molecule has 0 aliphatic heterocycles. The highest BCUT2D eigenvalue weighted by molar-refractivity contribution is 9.10. The number of halogens is 4. The van der Waals surface area contributed by atoms with Gasteiger partial charge in [-0.25, -0.2) is 0 Å². The van der Waals surface area contributed by atoms with Crippen molar-refractivity contribution in [3.63, 3.8) is 0 Å². The van der Waals surface area contributed by atoms with Crippen molar-refractivity contribution in [3.05, 3.63) is 69.7 Å². The molecule has 4 N–H and O–H groups in total. The fraction of sp³-hybridized carbons (Fsp3) is 0.222. The topological polar surface area (TPSA) is 92.4 Å². The standard InChI is InChI=1S/C18H16BrF3N2O3/c19-13-4-2-1-3-11(13)9-14(16(23)26)24-17(27)15(25)10-5-7-12(8-6-10)18(20,21)22/h1-8,14-15,25H,9H2,(H2,23,26)(H,24,27)/t14-,15-/m1/s1. The molecule has 0 aliphatic rings. The molecule has 2 amide bonds. The Bertz CT molecular complexity index is 825. The molecule has 9 heteroatoms. The lowest BCUT2D eigenvalue weighted by atomic mass is 10.0. The van der Waals surface area contributed by atoms with Gasteiger partial charge in [-0.3, -0.25) is 9.59 Å². The molecular weight excluding hydrogens is 429 g/mol. The molecule has 0 fully saturated rings. The van der Waals surface area contributed by atoms with Crippen molar-refractivity contribution < 1.29 is 27.9 Å². The lowest BCUT2D eigenvalue weighted by molar-refractivity contribution is -0.137. The predicted octanol–water partition coefficient (Wildman–Crippen LogP) is 2.71. The molecule has 0 saturated heterocycles. The number of carbonyl (C=O) groups excluding carboxylic acids is 2. The second-order valence-electron chi connectivity index (χ2n) is 5.78. The number of benzene rings is 2. The lowest BCUT2D eigenvalue weighted by Crippen LogP contribution is -2.47. The highest BCUT2D eigenvalue weighted by Crippen LogP contribution is 2.30. The van der Waals surface area contributed by atoms with Crippen LogP contribution >= 0.6 is 15.9 Å². The van der Waals surface area contributed by atoms with E-state index in [0.29, 0.717) is 10.0 Å². The third kappa shape index (κ3) is 5.54. The van der Waals surface area contributed by atoms with E-state index in [1.54, 1.807) is 24.3 Å². The summed E-state index contributed by atoms with van der Waals surface area (Å²) in [6.45, 7) is 0. The fourth-order valence-electron chi connectivity index (χ4n) is 2.36. The highest BCUT2D eigenvalue weighted by atomic mass is 79.9. The van der Waals surface area contributed by atoms with Crippen molar-refractivity contribution in [1.82, 2.24) is 5.32 Å². The number of primary amides is 1. The molecule has 27 heavy (non-hydrogen) atoms. The molecule has 2 aromatic rings. The quantitative estimate of drug-likeness (QED) is 0.639. The number of carbonyl (C=O) groups is 2. The van der Waals surface area contributed by atoms with Crippen LogP contribution < -0.4 is 11.1 Å². The van der Waals surface area contributed by atoms with Gasteiger partial charge >= 0.3 is 6.18 Å². The van der Waals surface area contributed by atoms with Crippen LogP contribution in [0.5, 0.6) is 0 Å². The monoisotopic (exact) mass is 444 g/mol. The zero-order chi connectivity index (χ0) is 20.2. The van der Waals surface area contributed by atoms with E-state index in [-0.39, 0.29) is 12.0 Å². The maximum atomic E-state index is 12.6. The summed E-state index contributed by atoms with van der Waals surface area (Å²) >= 11 is 3.32. The number of hydrogen-bond acceptors (Lipinski definition) is 3. The number of nitrogens with two attached hydrogens (primary N) is 1. The first-order valence-corrected chi connectivity index (χ1v) is 8.57. The zero-order valence-corrected chi connectivity index (χ0v) is 15.4. The molecule has 2 aromatic carbocycles. The maximum Gasteiger partial charge on any atom is 0.416 e. The summed E-state index contributed by atoms with van der Waals surface area (Å²) in [5.74, 6) is -1.75. The molecule has 0 radical (unpaired) electrons. The Kier molecular flexibility index (Phi) is 6.61. The first-order chi connectivity index (χ1) is 12.6. The third-order valence-electron chi connectivity index (χ3n) is 3.84. The zero-order valence-electron chi connectivity index (χ0n) is 13.8. The number of alkyl halides is 3. The lowest BCUT2D eigenvalue weighted by Gasteiger charge is -2.19. The van der Waals surface area contributed by atoms with Gasteiger partial charge in [0.15, 0.2) is 6.10 Å². The van der Waals surface area contributed by atoms with E-state index < -0.39 is 35.7 Å². The molecule has 5 nitrogen and oxygen atoms in total. The molecule has 0 bridgehead atoms. The first-order valence-electron chi connectivity index (χ1n) is 7.78. The molecule has 0 unspecified atom stereocenters. The average Bonchev–Trinajstić information content (AvgIpc) is 2.61. The van der Waals surface area contributed by atoms with Gasteiger partial charge in [0.25, 0.3) is 5.91 Å². The van der Waals surface area contributed by atoms with Crippen LogP contribution in [0, 0.1) is 0 Å². The number of aliphatic hydroxyl groups excluding tert-OH is 1. The molecule has 0 spiro atoms. The van der Waals surface area contributed by atoms with Gasteiger partial charge in [0.1, 0.15) is 6.04 Å². The van der Waals surface area contributed by atoms with Gasteiger partial charge in [-0.2, -0.15) is 13.2 Å². The largest absolute Gasteiger partial charge is 0.416 e. The van der Waals surface area contributed by atoms with Gasteiger partial charge in [-0.1, -0.05) is 46.3 Å². The number of amides is 2. The molecule has 0 aromatic heterocycles. The summed E-state index contributed by atoms with van der Waals surface area (Å²) in [6.07, 6.45) is -6.18. The Hall–Kier alpha value is -2.39. The van der Waals surface area contributed by atoms with Gasteiger partial charge in [0, 0.05) is 10.9 Å². The summed E-state index contributed by atoms with van der Waals surface area (Å²) < 4.78 is 38.5. The smallest absolute Gasteiger partial charge is 0.378 e. The van der Waals surface area contributed by atoms with E-state index in [4.69, 9.17) is 5.73 Å². The Morgan fingerprint density at radius 1 is 1.11 bits per heavy atom. The van der Waals surface area contributed by atoms with E-state index in [1.807, 2.05) is 0 Å². The van der Waals surface area contributed by atoms with Crippen molar-refractivity contribution in [2.24, 2.45) is 5.73 Å². The summed E-state index contributed by atoms with van der Waals surface area (Å²) in [4.78, 5) is 23.9. The van der Waals surface area contributed by atoms with Crippen LogP contribution in [0.15, 0.2) is 53.0 Å². The number of nitrogens with one attached hydrogen (secondary N) is 1. The fourth-order valence-corrected chi connectivity index (χ4v) is 2.81. The van der Waals surface area contributed by atoms with Crippen molar-refractivity contribution in [2.45, 2.75) is 24.7 Å². The van der Waals surface area contributed by atoms with E-state index in [0.717, 1.165) is 24.3 Å². The second kappa shape index (κ2) is 8.53. The molecule has 2 atom stereocenters. The minimum absolute atomic E-state index is 0.0374. The van der Waals surface area contributed by atoms with Crippen molar-refractivity contribution in [3.8, 4) is 0 Å². The molecule has 0 aliphatic carbocycles. The van der Waals surface area contributed by atoms with Crippen LogP contribution in [0.25, 0.3) is 0 Å². The molecule has 144 valence electrons. The number of hydrogen-bond donors (Lipinski definition) is 3. The van der Waals surface area contributed by atoms with Crippen LogP contribution in [0.4, 0.5) is 13.2 Å². The normalized spacial score (nSPS) is 13.7. The minimum atomic E-state index is -4.52. The van der Waals surface area contributed by atoms with Crippen LogP contribution in [-0.4, -0.2) is 23.0 Å². The number of aliphatic hydroxyl groups is 1. The van der Waals surface area contributed by atoms with Gasteiger partial charge < -0.3 is 16.2 Å². The van der Waals surface area contributed by atoms with E-state index in [9.17, 15) is 27.9 Å². The Labute approximate surface area is 161 Å². The van der Waals surface area contributed by atoms with Gasteiger partial charge in [-0.05, 0) is 29.3 Å². The second-order valence-corrected chi connectivity index (χ2v) is 6.64. The van der Waals surface area contributed by atoms with Crippen molar-refractivity contribution in [2.75, 3.05) is 0 Å². The summed E-state index contributed by atoms with van der Waals surface area (Å²) in [6, 6.07) is 9.44. The highest BCUT2D eigenvalue weighted by Gasteiger charge is 2.31. The van der Waals surface area contributed by atoms with E-state index in [1.165, 1.54) is 0 Å². The molecular formula is C18H16BrF3N2O3. The summed E-state index contributed by atoms with van der Waals surface area (Å²) in [7, 11) is 0. The number of rotatable bonds is 6. The Morgan fingerprint density at radius 3 is 2.22 bits per heavy atom. The van der Waals surface area contributed by atoms with Gasteiger partial charge in [-0.15, -0.1) is 0 Å². The van der Waals surface area contributed by atoms with Crippen LogP contribution in [0.3, 0.4) is 0 Å². The maximum absolute atomic E-state index is 12.6. The van der Waals surface area contributed by atoms with Gasteiger partial charge in [0.05, 0.1) is 5.56 Å². The third-order valence-corrected chi connectivity index (χ3v) is 4.62. The van der Waals surface area contributed by atoms with E-state index >= 15 is 0 Å².